The molecule has 1 fully saturated rings. The maximum absolute atomic E-state index is 14.1. The quantitative estimate of drug-likeness (QED) is 0.800. The van der Waals surface area contributed by atoms with Crippen molar-refractivity contribution in [2.45, 2.75) is 38.9 Å². The summed E-state index contributed by atoms with van der Waals surface area (Å²) in [6, 6.07) is 1.65. The van der Waals surface area contributed by atoms with Crippen LogP contribution in [0.5, 0.6) is 0 Å². The summed E-state index contributed by atoms with van der Waals surface area (Å²) in [6.45, 7) is 7.75. The zero-order valence-corrected chi connectivity index (χ0v) is 13.2. The molecule has 3 heterocycles. The van der Waals surface area contributed by atoms with E-state index in [-0.39, 0.29) is 0 Å². The average molecular weight is 306 g/mol. The Hall–Kier alpha value is -1.31. The molecule has 1 aliphatic rings. The second-order valence-electron chi connectivity index (χ2n) is 6.05. The molecule has 4 nitrogen and oxygen atoms in total. The molecule has 1 saturated heterocycles. The zero-order chi connectivity index (χ0) is 15.3. The van der Waals surface area contributed by atoms with Gasteiger partial charge in [-0.1, -0.05) is 0 Å². The number of aromatic nitrogens is 2. The van der Waals surface area contributed by atoms with Crippen molar-refractivity contribution in [3.8, 4) is 11.4 Å². The van der Waals surface area contributed by atoms with Gasteiger partial charge in [0, 0.05) is 10.8 Å². The van der Waals surface area contributed by atoms with E-state index in [1.807, 2.05) is 33.1 Å². The largest absolute Gasteiger partial charge is 0.497 e. The first-order valence-electron chi connectivity index (χ1n) is 6.70. The van der Waals surface area contributed by atoms with E-state index >= 15 is 0 Å². The highest BCUT2D eigenvalue weighted by Crippen LogP contribution is 2.36. The smallest absolute Gasteiger partial charge is 0.399 e. The van der Waals surface area contributed by atoms with Gasteiger partial charge in [0.2, 0.25) is 0 Å². The maximum Gasteiger partial charge on any atom is 0.497 e. The van der Waals surface area contributed by atoms with Crippen molar-refractivity contribution in [1.29, 1.82) is 0 Å². The van der Waals surface area contributed by atoms with E-state index in [0.29, 0.717) is 11.2 Å². The van der Waals surface area contributed by atoms with E-state index < -0.39 is 24.1 Å². The van der Waals surface area contributed by atoms with Gasteiger partial charge in [0.25, 0.3) is 0 Å². The van der Waals surface area contributed by atoms with Crippen LogP contribution in [0.2, 0.25) is 0 Å². The van der Waals surface area contributed by atoms with Crippen LogP contribution in [0.4, 0.5) is 4.39 Å². The molecule has 7 heteroatoms. The van der Waals surface area contributed by atoms with E-state index in [0.717, 1.165) is 5.69 Å². The van der Waals surface area contributed by atoms with E-state index in [1.165, 1.54) is 17.5 Å². The van der Waals surface area contributed by atoms with Gasteiger partial charge in [-0.15, -0.1) is 11.3 Å². The fourth-order valence-corrected chi connectivity index (χ4v) is 2.63. The minimum atomic E-state index is -0.740. The fourth-order valence-electron chi connectivity index (χ4n) is 2.08. The van der Waals surface area contributed by atoms with Crippen LogP contribution in [0.1, 0.15) is 27.7 Å². The van der Waals surface area contributed by atoms with Crippen molar-refractivity contribution in [3.05, 3.63) is 29.0 Å². The summed E-state index contributed by atoms with van der Waals surface area (Å²) in [6.07, 6.45) is 1.19. The minimum Gasteiger partial charge on any atom is -0.399 e. The highest BCUT2D eigenvalue weighted by atomic mass is 32.1. The maximum atomic E-state index is 14.1. The topological polar surface area (TPSA) is 44.2 Å². The molecule has 1 aliphatic heterocycles. The molecule has 3 rings (SSSR count). The van der Waals surface area contributed by atoms with Crippen LogP contribution in [0.25, 0.3) is 11.4 Å². The van der Waals surface area contributed by atoms with Crippen LogP contribution in [0.15, 0.2) is 23.2 Å². The van der Waals surface area contributed by atoms with Crippen LogP contribution in [-0.4, -0.2) is 28.3 Å². The molecule has 0 atom stereocenters. The van der Waals surface area contributed by atoms with Gasteiger partial charge in [0.15, 0.2) is 0 Å². The summed E-state index contributed by atoms with van der Waals surface area (Å²) >= 11 is 1.47. The molecule has 0 amide bonds. The van der Waals surface area contributed by atoms with Gasteiger partial charge in [0.1, 0.15) is 5.82 Å². The average Bonchev–Trinajstić information content (AvgIpc) is 2.97. The van der Waals surface area contributed by atoms with Crippen molar-refractivity contribution < 1.29 is 13.7 Å². The van der Waals surface area contributed by atoms with Gasteiger partial charge in [-0.2, -0.15) is 0 Å². The fraction of sp³-hybridized carbons (Fsp3) is 0.429. The predicted octanol–water partition coefficient (Wildman–Crippen LogP) is 2.64. The molecule has 110 valence electrons. The van der Waals surface area contributed by atoms with Crippen LogP contribution in [-0.2, 0) is 9.31 Å². The number of hydrogen-bond acceptors (Lipinski definition) is 5. The van der Waals surface area contributed by atoms with Crippen LogP contribution in [0.3, 0.4) is 0 Å². The lowest BCUT2D eigenvalue weighted by Gasteiger charge is -2.32. The number of hydrogen-bond donors (Lipinski definition) is 0. The molecule has 0 N–H and O–H groups in total. The van der Waals surface area contributed by atoms with Gasteiger partial charge in [-0.25, -0.2) is 9.37 Å². The summed E-state index contributed by atoms with van der Waals surface area (Å²) in [5.41, 5.74) is 2.39. The number of halogens is 1. The van der Waals surface area contributed by atoms with Gasteiger partial charge in [-0.3, -0.25) is 4.98 Å². The van der Waals surface area contributed by atoms with Crippen molar-refractivity contribution in [1.82, 2.24) is 9.97 Å². The van der Waals surface area contributed by atoms with Crippen LogP contribution in [0, 0.1) is 5.82 Å². The van der Waals surface area contributed by atoms with E-state index in [1.54, 1.807) is 11.6 Å². The summed E-state index contributed by atoms with van der Waals surface area (Å²) < 4.78 is 25.9. The Morgan fingerprint density at radius 3 is 2.33 bits per heavy atom. The molecular formula is C14H16BFN2O2S. The number of pyridine rings is 1. The highest BCUT2D eigenvalue weighted by molar-refractivity contribution is 7.07. The molecule has 0 saturated carbocycles. The van der Waals surface area contributed by atoms with Crippen molar-refractivity contribution >= 4 is 23.9 Å². The standard InChI is InChI=1S/C14H16BFN2O2S/c1-13(2)14(3,4)20-15(19-13)9-5-11(17-6-10(9)16)12-7-21-8-18-12/h5-8H,1-4H3. The van der Waals surface area contributed by atoms with Crippen molar-refractivity contribution in [2.24, 2.45) is 0 Å². The number of rotatable bonds is 2. The lowest BCUT2D eigenvalue weighted by atomic mass is 9.78. The Bertz CT molecular complexity index is 645. The second kappa shape index (κ2) is 4.86. The molecule has 0 unspecified atom stereocenters. The summed E-state index contributed by atoms with van der Waals surface area (Å²) in [5.74, 6) is -0.438. The van der Waals surface area contributed by atoms with E-state index in [9.17, 15) is 4.39 Å². The summed E-state index contributed by atoms with van der Waals surface area (Å²) in [5, 5.41) is 1.87. The van der Waals surface area contributed by atoms with Gasteiger partial charge >= 0.3 is 7.12 Å². The summed E-state index contributed by atoms with van der Waals surface area (Å²) in [4.78, 5) is 8.28. The molecular weight excluding hydrogens is 290 g/mol. The molecule has 0 spiro atoms. The predicted molar refractivity (Wildman–Crippen MR) is 81.0 cm³/mol. The van der Waals surface area contributed by atoms with Gasteiger partial charge in [-0.05, 0) is 33.8 Å². The Kier molecular flexibility index (Phi) is 3.39. The zero-order valence-electron chi connectivity index (χ0n) is 12.4. The van der Waals surface area contributed by atoms with Crippen LogP contribution >= 0.6 is 11.3 Å². The van der Waals surface area contributed by atoms with Crippen LogP contribution < -0.4 is 5.46 Å². The first kappa shape index (κ1) is 14.6. The molecule has 2 aromatic rings. The first-order valence-corrected chi connectivity index (χ1v) is 7.64. The third-order valence-electron chi connectivity index (χ3n) is 4.09. The summed E-state index contributed by atoms with van der Waals surface area (Å²) in [7, 11) is -0.740. The number of thiazole rings is 1. The first-order chi connectivity index (χ1) is 9.80. The third kappa shape index (κ3) is 2.50. The Morgan fingerprint density at radius 1 is 1.10 bits per heavy atom. The van der Waals surface area contributed by atoms with Gasteiger partial charge < -0.3 is 9.31 Å². The minimum absolute atomic E-state index is 0.353. The molecule has 0 radical (unpaired) electrons. The third-order valence-corrected chi connectivity index (χ3v) is 4.67. The number of nitrogens with zero attached hydrogens (tertiary/aromatic N) is 2. The highest BCUT2D eigenvalue weighted by Gasteiger charge is 2.52. The Labute approximate surface area is 127 Å². The van der Waals surface area contributed by atoms with E-state index in [4.69, 9.17) is 9.31 Å². The molecule has 2 aromatic heterocycles. The Morgan fingerprint density at radius 2 is 1.76 bits per heavy atom. The normalized spacial score (nSPS) is 20.0. The SMILES string of the molecule is CC1(C)OB(c2cc(-c3cscn3)ncc2F)OC1(C)C. The lowest BCUT2D eigenvalue weighted by molar-refractivity contribution is 0.00578. The van der Waals surface area contributed by atoms with Crippen molar-refractivity contribution in [2.75, 3.05) is 0 Å². The molecule has 0 aliphatic carbocycles. The van der Waals surface area contributed by atoms with E-state index in [2.05, 4.69) is 9.97 Å². The van der Waals surface area contributed by atoms with Gasteiger partial charge in [0.05, 0.1) is 34.3 Å². The van der Waals surface area contributed by atoms with Crippen molar-refractivity contribution in [3.63, 3.8) is 0 Å². The molecule has 21 heavy (non-hydrogen) atoms. The Balaban J connectivity index is 1.98. The lowest BCUT2D eigenvalue weighted by Crippen LogP contribution is -2.41. The molecule has 0 aromatic carbocycles. The monoisotopic (exact) mass is 306 g/mol. The second-order valence-corrected chi connectivity index (χ2v) is 6.77. The molecule has 0 bridgehead atoms.